The number of aliphatic hydroxyl groups excluding tert-OH is 1. The van der Waals surface area contributed by atoms with Crippen LogP contribution in [0.5, 0.6) is 0 Å². The molecule has 0 saturated heterocycles. The third-order valence-corrected chi connectivity index (χ3v) is 2.77. The van der Waals surface area contributed by atoms with Crippen molar-refractivity contribution in [2.75, 3.05) is 18.5 Å². The van der Waals surface area contributed by atoms with Crippen LogP contribution < -0.4 is 5.32 Å². The maximum Gasteiger partial charge on any atom is 0.129 e. The van der Waals surface area contributed by atoms with Gasteiger partial charge < -0.3 is 10.4 Å². The van der Waals surface area contributed by atoms with E-state index in [4.69, 9.17) is 5.11 Å². The second kappa shape index (κ2) is 7.22. The highest BCUT2D eigenvalue weighted by Crippen LogP contribution is 2.13. The van der Waals surface area contributed by atoms with E-state index in [1.165, 1.54) is 0 Å². The van der Waals surface area contributed by atoms with Crippen LogP contribution >= 0.6 is 0 Å². The maximum atomic E-state index is 8.91. The molecule has 1 aromatic rings. The molecule has 0 aliphatic carbocycles. The zero-order chi connectivity index (χ0) is 12.7. The third-order valence-electron chi connectivity index (χ3n) is 2.77. The minimum absolute atomic E-state index is 0.269. The fourth-order valence-corrected chi connectivity index (χ4v) is 1.54. The average Bonchev–Trinajstić information content (AvgIpc) is 2.34. The summed E-state index contributed by atoms with van der Waals surface area (Å²) in [6.45, 7) is 7.45. The smallest absolute Gasteiger partial charge is 0.129 e. The molecule has 1 rings (SSSR count). The van der Waals surface area contributed by atoms with Gasteiger partial charge in [-0.1, -0.05) is 20.8 Å². The van der Waals surface area contributed by atoms with Crippen molar-refractivity contribution in [3.05, 3.63) is 18.1 Å². The van der Waals surface area contributed by atoms with E-state index < -0.39 is 0 Å². The molecule has 1 heterocycles. The number of nitrogens with zero attached hydrogens (tertiary/aromatic N) is 2. The molecule has 17 heavy (non-hydrogen) atoms. The van der Waals surface area contributed by atoms with Gasteiger partial charge in [-0.25, -0.2) is 9.97 Å². The SMILES string of the molecule is CC(CO)CCCNc1cc(C(C)C)ncn1. The summed E-state index contributed by atoms with van der Waals surface area (Å²) < 4.78 is 0. The molecule has 0 fully saturated rings. The molecule has 0 radical (unpaired) electrons. The standard InChI is InChI=1S/C13H23N3O/c1-10(2)12-7-13(16-9-15-12)14-6-4-5-11(3)8-17/h7,9-11,17H,4-6,8H2,1-3H3,(H,14,15,16). The molecule has 1 unspecified atom stereocenters. The minimum atomic E-state index is 0.269. The summed E-state index contributed by atoms with van der Waals surface area (Å²) in [5, 5.41) is 12.2. The van der Waals surface area contributed by atoms with Gasteiger partial charge in [-0.05, 0) is 24.7 Å². The second-order valence-electron chi connectivity index (χ2n) is 4.84. The third kappa shape index (κ3) is 5.13. The normalized spacial score (nSPS) is 12.8. The molecular weight excluding hydrogens is 214 g/mol. The van der Waals surface area contributed by atoms with E-state index in [2.05, 4.69) is 36.1 Å². The van der Waals surface area contributed by atoms with Crippen LogP contribution in [0.15, 0.2) is 12.4 Å². The zero-order valence-corrected chi connectivity index (χ0v) is 11.0. The number of hydrogen-bond donors (Lipinski definition) is 2. The lowest BCUT2D eigenvalue weighted by molar-refractivity contribution is 0.229. The Morgan fingerprint density at radius 1 is 1.29 bits per heavy atom. The predicted molar refractivity (Wildman–Crippen MR) is 70.1 cm³/mol. The van der Waals surface area contributed by atoms with Crippen molar-refractivity contribution in [3.8, 4) is 0 Å². The Bertz CT molecular complexity index is 328. The first kappa shape index (κ1) is 13.9. The van der Waals surface area contributed by atoms with Gasteiger partial charge >= 0.3 is 0 Å². The molecule has 0 saturated carbocycles. The molecular formula is C13H23N3O. The lowest BCUT2D eigenvalue weighted by Gasteiger charge is -2.10. The van der Waals surface area contributed by atoms with Crippen LogP contribution in [-0.4, -0.2) is 28.2 Å². The number of aliphatic hydroxyl groups is 1. The summed E-state index contributed by atoms with van der Waals surface area (Å²) >= 11 is 0. The summed E-state index contributed by atoms with van der Waals surface area (Å²) in [5.41, 5.74) is 1.06. The van der Waals surface area contributed by atoms with Gasteiger partial charge in [0, 0.05) is 24.9 Å². The Hall–Kier alpha value is -1.16. The van der Waals surface area contributed by atoms with Crippen LogP contribution in [0.2, 0.25) is 0 Å². The van der Waals surface area contributed by atoms with E-state index in [1.54, 1.807) is 6.33 Å². The lowest BCUT2D eigenvalue weighted by Crippen LogP contribution is -2.08. The van der Waals surface area contributed by atoms with Crippen LogP contribution in [-0.2, 0) is 0 Å². The van der Waals surface area contributed by atoms with Crippen molar-refractivity contribution in [3.63, 3.8) is 0 Å². The molecule has 96 valence electrons. The zero-order valence-electron chi connectivity index (χ0n) is 11.0. The van der Waals surface area contributed by atoms with Crippen molar-refractivity contribution in [1.82, 2.24) is 9.97 Å². The van der Waals surface area contributed by atoms with E-state index in [1.807, 2.05) is 6.07 Å². The van der Waals surface area contributed by atoms with Gasteiger partial charge in [-0.3, -0.25) is 0 Å². The minimum Gasteiger partial charge on any atom is -0.396 e. The molecule has 4 heteroatoms. The van der Waals surface area contributed by atoms with E-state index in [-0.39, 0.29) is 6.61 Å². The molecule has 0 aliphatic heterocycles. The Labute approximate surface area is 103 Å². The summed E-state index contributed by atoms with van der Waals surface area (Å²) in [6.07, 6.45) is 3.68. The Balaban J connectivity index is 2.34. The van der Waals surface area contributed by atoms with E-state index in [0.717, 1.165) is 30.9 Å². The summed E-state index contributed by atoms with van der Waals surface area (Å²) in [7, 11) is 0. The van der Waals surface area contributed by atoms with Crippen molar-refractivity contribution in [2.45, 2.75) is 39.5 Å². The van der Waals surface area contributed by atoms with Crippen molar-refractivity contribution in [2.24, 2.45) is 5.92 Å². The fourth-order valence-electron chi connectivity index (χ4n) is 1.54. The van der Waals surface area contributed by atoms with Gasteiger partial charge in [-0.15, -0.1) is 0 Å². The summed E-state index contributed by atoms with van der Waals surface area (Å²) in [6, 6.07) is 2.00. The number of rotatable bonds is 7. The summed E-state index contributed by atoms with van der Waals surface area (Å²) in [4.78, 5) is 8.41. The molecule has 2 N–H and O–H groups in total. The molecule has 0 aliphatic rings. The van der Waals surface area contributed by atoms with E-state index in [9.17, 15) is 0 Å². The van der Waals surface area contributed by atoms with Crippen LogP contribution in [0.1, 0.15) is 45.2 Å². The van der Waals surface area contributed by atoms with Crippen molar-refractivity contribution in [1.29, 1.82) is 0 Å². The fraction of sp³-hybridized carbons (Fsp3) is 0.692. The topological polar surface area (TPSA) is 58.0 Å². The van der Waals surface area contributed by atoms with E-state index >= 15 is 0 Å². The van der Waals surface area contributed by atoms with Crippen molar-refractivity contribution < 1.29 is 5.11 Å². The first-order valence-corrected chi connectivity index (χ1v) is 6.30. The molecule has 0 spiro atoms. The Kier molecular flexibility index (Phi) is 5.91. The molecule has 1 atom stereocenters. The lowest BCUT2D eigenvalue weighted by atomic mass is 10.1. The molecule has 0 bridgehead atoms. The first-order chi connectivity index (χ1) is 8.13. The van der Waals surface area contributed by atoms with Gasteiger partial charge in [0.15, 0.2) is 0 Å². The Morgan fingerprint density at radius 2 is 2.06 bits per heavy atom. The molecule has 0 aromatic carbocycles. The monoisotopic (exact) mass is 237 g/mol. The van der Waals surface area contributed by atoms with Gasteiger partial charge in [0.2, 0.25) is 0 Å². The van der Waals surface area contributed by atoms with E-state index in [0.29, 0.717) is 11.8 Å². The van der Waals surface area contributed by atoms with Gasteiger partial charge in [0.05, 0.1) is 0 Å². The van der Waals surface area contributed by atoms with Gasteiger partial charge in [0.25, 0.3) is 0 Å². The first-order valence-electron chi connectivity index (χ1n) is 6.30. The maximum absolute atomic E-state index is 8.91. The average molecular weight is 237 g/mol. The predicted octanol–water partition coefficient (Wildman–Crippen LogP) is 2.42. The van der Waals surface area contributed by atoms with Gasteiger partial charge in [-0.2, -0.15) is 0 Å². The second-order valence-corrected chi connectivity index (χ2v) is 4.84. The number of anilines is 1. The summed E-state index contributed by atoms with van der Waals surface area (Å²) in [5.74, 6) is 1.70. The number of hydrogen-bond acceptors (Lipinski definition) is 4. The quantitative estimate of drug-likeness (QED) is 0.715. The highest BCUT2D eigenvalue weighted by atomic mass is 16.3. The largest absolute Gasteiger partial charge is 0.396 e. The van der Waals surface area contributed by atoms with Crippen LogP contribution in [0.25, 0.3) is 0 Å². The highest BCUT2D eigenvalue weighted by molar-refractivity contribution is 5.35. The number of aromatic nitrogens is 2. The van der Waals surface area contributed by atoms with Crippen LogP contribution in [0.4, 0.5) is 5.82 Å². The van der Waals surface area contributed by atoms with Crippen LogP contribution in [0, 0.1) is 5.92 Å². The van der Waals surface area contributed by atoms with Gasteiger partial charge in [0.1, 0.15) is 12.1 Å². The Morgan fingerprint density at radius 3 is 2.71 bits per heavy atom. The molecule has 4 nitrogen and oxygen atoms in total. The number of nitrogens with one attached hydrogen (secondary N) is 1. The highest BCUT2D eigenvalue weighted by Gasteiger charge is 2.03. The van der Waals surface area contributed by atoms with Crippen molar-refractivity contribution >= 4 is 5.82 Å². The van der Waals surface area contributed by atoms with Crippen LogP contribution in [0.3, 0.4) is 0 Å². The molecule has 1 aromatic heterocycles. The molecule has 0 amide bonds.